The number of anilines is 1. The van der Waals surface area contributed by atoms with Crippen molar-refractivity contribution in [2.75, 3.05) is 19.0 Å². The minimum atomic E-state index is -0.356. The smallest absolute Gasteiger partial charge is 0.262 e. The van der Waals surface area contributed by atoms with Crippen LogP contribution in [-0.2, 0) is 4.79 Å². The molecule has 4 aromatic rings. The van der Waals surface area contributed by atoms with E-state index in [2.05, 4.69) is 15.3 Å². The van der Waals surface area contributed by atoms with Crippen LogP contribution in [0.25, 0.3) is 22.4 Å². The summed E-state index contributed by atoms with van der Waals surface area (Å²) in [6, 6.07) is 16.5. The summed E-state index contributed by atoms with van der Waals surface area (Å²) in [7, 11) is 1.54. The number of hydrogen-bond acceptors (Lipinski definition) is 4. The number of amides is 1. The highest BCUT2D eigenvalue weighted by atomic mass is 35.5. The quantitative estimate of drug-likeness (QED) is 0.381. The Kier molecular flexibility index (Phi) is 6.02. The number of H-pyrrole nitrogens is 1. The molecule has 0 saturated heterocycles. The van der Waals surface area contributed by atoms with E-state index in [1.807, 2.05) is 37.3 Å². The number of para-hydroxylation sites is 2. The number of imidazole rings is 1. The highest BCUT2D eigenvalue weighted by molar-refractivity contribution is 6.35. The van der Waals surface area contributed by atoms with Gasteiger partial charge in [-0.2, -0.15) is 0 Å². The molecule has 158 valence electrons. The van der Waals surface area contributed by atoms with Crippen molar-refractivity contribution in [2.45, 2.75) is 6.92 Å². The molecule has 3 aromatic carbocycles. The largest absolute Gasteiger partial charge is 0.495 e. The van der Waals surface area contributed by atoms with Gasteiger partial charge in [-0.1, -0.05) is 35.3 Å². The Morgan fingerprint density at radius 1 is 1.13 bits per heavy atom. The van der Waals surface area contributed by atoms with E-state index in [9.17, 15) is 4.79 Å². The maximum absolute atomic E-state index is 12.5. The van der Waals surface area contributed by atoms with Gasteiger partial charge >= 0.3 is 0 Å². The lowest BCUT2D eigenvalue weighted by atomic mass is 10.1. The third-order valence-corrected chi connectivity index (χ3v) is 5.18. The van der Waals surface area contributed by atoms with Crippen molar-refractivity contribution < 1.29 is 14.3 Å². The van der Waals surface area contributed by atoms with Crippen LogP contribution in [0.5, 0.6) is 11.5 Å². The molecule has 0 atom stereocenters. The summed E-state index contributed by atoms with van der Waals surface area (Å²) in [4.78, 5) is 20.4. The molecule has 0 aliphatic heterocycles. The number of aromatic amines is 1. The molecular formula is C23H19Cl2N3O3. The molecule has 8 heteroatoms. The zero-order valence-electron chi connectivity index (χ0n) is 16.8. The molecule has 4 rings (SSSR count). The predicted octanol–water partition coefficient (Wildman–Crippen LogP) is 5.87. The highest BCUT2D eigenvalue weighted by Crippen LogP contribution is 2.33. The first-order valence-electron chi connectivity index (χ1n) is 9.46. The van der Waals surface area contributed by atoms with Gasteiger partial charge in [0.1, 0.15) is 17.3 Å². The molecule has 0 unspecified atom stereocenters. The van der Waals surface area contributed by atoms with E-state index in [0.717, 1.165) is 22.2 Å². The molecule has 0 aliphatic rings. The SMILES string of the molecule is COc1ccc(-c2nc3ccccc3[nH]2)cc1NC(=O)COc1c(C)cc(Cl)cc1Cl. The van der Waals surface area contributed by atoms with Gasteiger partial charge in [0, 0.05) is 10.6 Å². The minimum Gasteiger partial charge on any atom is -0.495 e. The van der Waals surface area contributed by atoms with E-state index in [1.165, 1.54) is 0 Å². The van der Waals surface area contributed by atoms with Crippen LogP contribution in [0.1, 0.15) is 5.56 Å². The monoisotopic (exact) mass is 455 g/mol. The maximum atomic E-state index is 12.5. The van der Waals surface area contributed by atoms with Crippen LogP contribution in [0.15, 0.2) is 54.6 Å². The second kappa shape index (κ2) is 8.88. The lowest BCUT2D eigenvalue weighted by Crippen LogP contribution is -2.21. The van der Waals surface area contributed by atoms with Gasteiger partial charge < -0.3 is 19.8 Å². The zero-order chi connectivity index (χ0) is 22.0. The molecule has 0 fully saturated rings. The average molecular weight is 456 g/mol. The summed E-state index contributed by atoms with van der Waals surface area (Å²) in [5.74, 6) is 1.28. The number of rotatable bonds is 6. The van der Waals surface area contributed by atoms with Gasteiger partial charge in [0.05, 0.1) is 28.9 Å². The van der Waals surface area contributed by atoms with Crippen LogP contribution in [0, 0.1) is 6.92 Å². The Labute approximate surface area is 189 Å². The zero-order valence-corrected chi connectivity index (χ0v) is 18.3. The Balaban J connectivity index is 1.53. The standard InChI is InChI=1S/C23H19Cl2N3O3/c1-13-9-15(24)11-16(25)22(13)31-12-21(29)26-19-10-14(7-8-20(19)30-2)23-27-17-5-3-4-6-18(17)28-23/h3-11H,12H2,1-2H3,(H,26,29)(H,27,28). The van der Waals surface area contributed by atoms with Crippen LogP contribution < -0.4 is 14.8 Å². The van der Waals surface area contributed by atoms with Crippen molar-refractivity contribution in [1.29, 1.82) is 0 Å². The maximum Gasteiger partial charge on any atom is 0.262 e. The van der Waals surface area contributed by atoms with E-state index >= 15 is 0 Å². The molecule has 1 heterocycles. The Morgan fingerprint density at radius 2 is 1.94 bits per heavy atom. The van der Waals surface area contributed by atoms with Gasteiger partial charge in [0.15, 0.2) is 6.61 Å². The van der Waals surface area contributed by atoms with Gasteiger partial charge in [0.2, 0.25) is 0 Å². The van der Waals surface area contributed by atoms with E-state index < -0.39 is 0 Å². The van der Waals surface area contributed by atoms with E-state index in [0.29, 0.717) is 33.1 Å². The normalized spacial score (nSPS) is 10.8. The third-order valence-electron chi connectivity index (χ3n) is 4.68. The second-order valence-electron chi connectivity index (χ2n) is 6.89. The van der Waals surface area contributed by atoms with Gasteiger partial charge in [-0.05, 0) is 55.0 Å². The number of benzene rings is 3. The fraction of sp³-hybridized carbons (Fsp3) is 0.130. The van der Waals surface area contributed by atoms with Gasteiger partial charge in [-0.15, -0.1) is 0 Å². The summed E-state index contributed by atoms with van der Waals surface area (Å²) in [6.07, 6.45) is 0. The van der Waals surface area contributed by atoms with Crippen molar-refractivity contribution >= 4 is 45.8 Å². The van der Waals surface area contributed by atoms with E-state index in [1.54, 1.807) is 31.4 Å². The molecule has 6 nitrogen and oxygen atoms in total. The number of halogens is 2. The minimum absolute atomic E-state index is 0.222. The first-order valence-corrected chi connectivity index (χ1v) is 10.2. The first-order chi connectivity index (χ1) is 14.9. The van der Waals surface area contributed by atoms with E-state index in [-0.39, 0.29) is 12.5 Å². The van der Waals surface area contributed by atoms with Crippen molar-refractivity contribution in [1.82, 2.24) is 9.97 Å². The molecule has 31 heavy (non-hydrogen) atoms. The first kappa shape index (κ1) is 21.0. The molecule has 2 N–H and O–H groups in total. The number of aryl methyl sites for hydroxylation is 1. The second-order valence-corrected chi connectivity index (χ2v) is 7.73. The number of nitrogens with zero attached hydrogens (tertiary/aromatic N) is 1. The number of carbonyl (C=O) groups is 1. The number of fused-ring (bicyclic) bond motifs is 1. The van der Waals surface area contributed by atoms with Crippen molar-refractivity contribution in [3.05, 3.63) is 70.2 Å². The fourth-order valence-electron chi connectivity index (χ4n) is 3.24. The summed E-state index contributed by atoms with van der Waals surface area (Å²) in [6.45, 7) is 1.59. The number of aromatic nitrogens is 2. The Bertz CT molecular complexity index is 1210. The fourth-order valence-corrected chi connectivity index (χ4v) is 3.89. The predicted molar refractivity (Wildman–Crippen MR) is 123 cm³/mol. The van der Waals surface area contributed by atoms with Crippen LogP contribution in [-0.4, -0.2) is 29.6 Å². The summed E-state index contributed by atoms with van der Waals surface area (Å²) in [5.41, 5.74) is 3.86. The lowest BCUT2D eigenvalue weighted by molar-refractivity contribution is -0.118. The van der Waals surface area contributed by atoms with Crippen molar-refractivity contribution in [3.63, 3.8) is 0 Å². The number of carbonyl (C=O) groups excluding carboxylic acids is 1. The molecular weight excluding hydrogens is 437 g/mol. The van der Waals surface area contributed by atoms with Crippen LogP contribution >= 0.6 is 23.2 Å². The summed E-state index contributed by atoms with van der Waals surface area (Å²) in [5, 5.41) is 3.68. The lowest BCUT2D eigenvalue weighted by Gasteiger charge is -2.14. The summed E-state index contributed by atoms with van der Waals surface area (Å²) >= 11 is 12.2. The number of methoxy groups -OCH3 is 1. The highest BCUT2D eigenvalue weighted by Gasteiger charge is 2.14. The summed E-state index contributed by atoms with van der Waals surface area (Å²) < 4.78 is 11.0. The number of ether oxygens (including phenoxy) is 2. The molecule has 0 spiro atoms. The van der Waals surface area contributed by atoms with Crippen LogP contribution in [0.2, 0.25) is 10.0 Å². The molecule has 1 amide bonds. The van der Waals surface area contributed by atoms with Crippen molar-refractivity contribution in [2.24, 2.45) is 0 Å². The van der Waals surface area contributed by atoms with E-state index in [4.69, 9.17) is 32.7 Å². The molecule has 1 aromatic heterocycles. The molecule has 0 bridgehead atoms. The average Bonchev–Trinajstić information content (AvgIpc) is 3.17. The Morgan fingerprint density at radius 3 is 2.68 bits per heavy atom. The molecule has 0 saturated carbocycles. The Hall–Kier alpha value is -3.22. The van der Waals surface area contributed by atoms with Crippen molar-refractivity contribution in [3.8, 4) is 22.9 Å². The van der Waals surface area contributed by atoms with Gasteiger partial charge in [0.25, 0.3) is 5.91 Å². The molecule has 0 aliphatic carbocycles. The third kappa shape index (κ3) is 4.60. The molecule has 0 radical (unpaired) electrons. The van der Waals surface area contributed by atoms with Crippen LogP contribution in [0.3, 0.4) is 0 Å². The number of nitrogens with one attached hydrogen (secondary N) is 2. The van der Waals surface area contributed by atoms with Gasteiger partial charge in [-0.25, -0.2) is 4.98 Å². The number of hydrogen-bond donors (Lipinski definition) is 2. The van der Waals surface area contributed by atoms with Gasteiger partial charge in [-0.3, -0.25) is 4.79 Å². The topological polar surface area (TPSA) is 76.2 Å². The van der Waals surface area contributed by atoms with Crippen LogP contribution in [0.4, 0.5) is 5.69 Å².